The molecule has 21 heavy (non-hydrogen) atoms. The maximum Gasteiger partial charge on any atom is 0.314 e. The number of carbonyl (C=O) groups is 2. The third kappa shape index (κ3) is 4.97. The molecule has 0 spiro atoms. The number of nitrogens with one attached hydrogen (secondary N) is 1. The van der Waals surface area contributed by atoms with Gasteiger partial charge in [-0.3, -0.25) is 4.79 Å². The van der Waals surface area contributed by atoms with Crippen molar-refractivity contribution in [3.05, 3.63) is 30.3 Å². The van der Waals surface area contributed by atoms with Gasteiger partial charge in [-0.25, -0.2) is 4.79 Å². The number of urea groups is 1. The Morgan fingerprint density at radius 3 is 2.81 bits per heavy atom. The molecule has 3 amide bonds. The van der Waals surface area contributed by atoms with Crippen molar-refractivity contribution in [2.75, 3.05) is 25.4 Å². The summed E-state index contributed by atoms with van der Waals surface area (Å²) in [7, 11) is 0. The normalized spacial score (nSPS) is 18.3. The van der Waals surface area contributed by atoms with Crippen LogP contribution in [-0.4, -0.2) is 42.2 Å². The van der Waals surface area contributed by atoms with E-state index in [9.17, 15) is 9.59 Å². The van der Waals surface area contributed by atoms with Gasteiger partial charge in [0.2, 0.25) is 5.91 Å². The van der Waals surface area contributed by atoms with Crippen LogP contribution in [0.2, 0.25) is 0 Å². The molecule has 0 unspecified atom stereocenters. The number of nitrogens with two attached hydrogens (primary N) is 1. The second kappa shape index (κ2) is 7.93. The van der Waals surface area contributed by atoms with E-state index in [0.29, 0.717) is 19.6 Å². The molecule has 2 rings (SSSR count). The first-order valence-corrected chi connectivity index (χ1v) is 8.15. The first kappa shape index (κ1) is 15.7. The zero-order chi connectivity index (χ0) is 15.1. The van der Waals surface area contributed by atoms with Gasteiger partial charge in [-0.15, -0.1) is 11.8 Å². The Bertz CT molecular complexity index is 481. The van der Waals surface area contributed by atoms with Gasteiger partial charge in [-0.05, 0) is 25.0 Å². The van der Waals surface area contributed by atoms with Crippen LogP contribution in [0.3, 0.4) is 0 Å². The molecule has 0 radical (unpaired) electrons. The lowest BCUT2D eigenvalue weighted by Crippen LogP contribution is -2.47. The van der Waals surface area contributed by atoms with E-state index in [1.165, 1.54) is 4.90 Å². The molecule has 0 aliphatic carbocycles. The summed E-state index contributed by atoms with van der Waals surface area (Å²) in [4.78, 5) is 26.0. The molecule has 1 fully saturated rings. The minimum Gasteiger partial charge on any atom is -0.355 e. The van der Waals surface area contributed by atoms with Crippen molar-refractivity contribution < 1.29 is 9.59 Å². The fourth-order valence-corrected chi connectivity index (χ4v) is 3.18. The van der Waals surface area contributed by atoms with Crippen molar-refractivity contribution in [2.45, 2.75) is 17.7 Å². The Kier molecular flexibility index (Phi) is 5.92. The third-order valence-corrected chi connectivity index (χ3v) is 4.53. The van der Waals surface area contributed by atoms with E-state index in [1.807, 2.05) is 18.2 Å². The van der Waals surface area contributed by atoms with Crippen LogP contribution in [0.4, 0.5) is 4.79 Å². The van der Waals surface area contributed by atoms with Crippen LogP contribution < -0.4 is 11.1 Å². The zero-order valence-electron chi connectivity index (χ0n) is 12.0. The summed E-state index contributed by atoms with van der Waals surface area (Å²) in [6.45, 7) is 1.72. The van der Waals surface area contributed by atoms with Crippen molar-refractivity contribution in [1.29, 1.82) is 0 Å². The SMILES string of the molecule is NC(=O)N1CCC[C@@H](C(=O)NCCSc2ccccc2)C1. The van der Waals surface area contributed by atoms with E-state index >= 15 is 0 Å². The fourth-order valence-electron chi connectivity index (χ4n) is 2.40. The lowest BCUT2D eigenvalue weighted by molar-refractivity contribution is -0.126. The van der Waals surface area contributed by atoms with Gasteiger partial charge in [-0.2, -0.15) is 0 Å². The van der Waals surface area contributed by atoms with Gasteiger partial charge < -0.3 is 16.0 Å². The second-order valence-electron chi connectivity index (χ2n) is 5.08. The van der Waals surface area contributed by atoms with Gasteiger partial charge in [0.15, 0.2) is 0 Å². The molecular formula is C15H21N3O2S. The second-order valence-corrected chi connectivity index (χ2v) is 6.24. The lowest BCUT2D eigenvalue weighted by atomic mass is 9.97. The largest absolute Gasteiger partial charge is 0.355 e. The summed E-state index contributed by atoms with van der Waals surface area (Å²) in [5.74, 6) is 0.727. The quantitative estimate of drug-likeness (QED) is 0.642. The Hall–Kier alpha value is -1.69. The van der Waals surface area contributed by atoms with Gasteiger partial charge >= 0.3 is 6.03 Å². The van der Waals surface area contributed by atoms with E-state index in [0.717, 1.165) is 18.6 Å². The van der Waals surface area contributed by atoms with Gasteiger partial charge in [0.25, 0.3) is 0 Å². The van der Waals surface area contributed by atoms with Crippen molar-refractivity contribution in [3.63, 3.8) is 0 Å². The number of hydrogen-bond acceptors (Lipinski definition) is 3. The number of hydrogen-bond donors (Lipinski definition) is 2. The monoisotopic (exact) mass is 307 g/mol. The van der Waals surface area contributed by atoms with Crippen molar-refractivity contribution in [1.82, 2.24) is 10.2 Å². The van der Waals surface area contributed by atoms with Crippen LogP contribution in [-0.2, 0) is 4.79 Å². The number of rotatable bonds is 5. The van der Waals surface area contributed by atoms with Crippen LogP contribution in [0.5, 0.6) is 0 Å². The van der Waals surface area contributed by atoms with E-state index in [1.54, 1.807) is 16.7 Å². The van der Waals surface area contributed by atoms with Crippen LogP contribution in [0.25, 0.3) is 0 Å². The number of piperidine rings is 1. The number of benzene rings is 1. The number of nitrogens with zero attached hydrogens (tertiary/aromatic N) is 1. The number of likely N-dealkylation sites (tertiary alicyclic amines) is 1. The molecule has 1 aliphatic rings. The zero-order valence-corrected chi connectivity index (χ0v) is 12.8. The van der Waals surface area contributed by atoms with Gasteiger partial charge in [0.05, 0.1) is 5.92 Å². The fraction of sp³-hybridized carbons (Fsp3) is 0.467. The van der Waals surface area contributed by atoms with Crippen molar-refractivity contribution in [3.8, 4) is 0 Å². The summed E-state index contributed by atoms with van der Waals surface area (Å²) in [5, 5.41) is 2.94. The highest BCUT2D eigenvalue weighted by molar-refractivity contribution is 7.99. The predicted octanol–water partition coefficient (Wildman–Crippen LogP) is 1.69. The summed E-state index contributed by atoms with van der Waals surface area (Å²) in [6.07, 6.45) is 1.65. The molecule has 0 bridgehead atoms. The molecule has 1 aromatic rings. The smallest absolute Gasteiger partial charge is 0.314 e. The highest BCUT2D eigenvalue weighted by Gasteiger charge is 2.26. The molecule has 114 valence electrons. The first-order valence-electron chi connectivity index (χ1n) is 7.17. The summed E-state index contributed by atoms with van der Waals surface area (Å²) >= 11 is 1.72. The van der Waals surface area contributed by atoms with Crippen LogP contribution in [0.1, 0.15) is 12.8 Å². The lowest BCUT2D eigenvalue weighted by Gasteiger charge is -2.30. The maximum absolute atomic E-state index is 12.1. The van der Waals surface area contributed by atoms with Crippen molar-refractivity contribution >= 4 is 23.7 Å². The molecule has 0 aromatic heterocycles. The van der Waals surface area contributed by atoms with E-state index in [4.69, 9.17) is 5.73 Å². The molecule has 5 nitrogen and oxygen atoms in total. The molecule has 6 heteroatoms. The van der Waals surface area contributed by atoms with E-state index < -0.39 is 6.03 Å². The van der Waals surface area contributed by atoms with Gasteiger partial charge in [-0.1, -0.05) is 18.2 Å². The summed E-state index contributed by atoms with van der Waals surface area (Å²) in [6, 6.07) is 9.66. The number of carbonyl (C=O) groups excluding carboxylic acids is 2. The van der Waals surface area contributed by atoms with Gasteiger partial charge in [0, 0.05) is 30.3 Å². The number of thioether (sulfide) groups is 1. The Labute approximate surface area is 129 Å². The molecule has 1 aliphatic heterocycles. The minimum absolute atomic E-state index is 0.0228. The molecule has 1 atom stereocenters. The highest BCUT2D eigenvalue weighted by Crippen LogP contribution is 2.17. The van der Waals surface area contributed by atoms with Crippen LogP contribution in [0, 0.1) is 5.92 Å². The highest BCUT2D eigenvalue weighted by atomic mass is 32.2. The average Bonchev–Trinajstić information content (AvgIpc) is 2.52. The average molecular weight is 307 g/mol. The number of amides is 3. The van der Waals surface area contributed by atoms with Crippen LogP contribution in [0.15, 0.2) is 35.2 Å². The molecule has 0 saturated carbocycles. The van der Waals surface area contributed by atoms with E-state index in [-0.39, 0.29) is 11.8 Å². The standard InChI is InChI=1S/C15H21N3O2S/c16-15(20)18-9-4-5-12(11-18)14(19)17-8-10-21-13-6-2-1-3-7-13/h1-3,6-7,12H,4-5,8-11H2,(H2,16,20)(H,17,19)/t12-/m1/s1. The molecular weight excluding hydrogens is 286 g/mol. The molecule has 1 heterocycles. The van der Waals surface area contributed by atoms with E-state index in [2.05, 4.69) is 17.4 Å². The van der Waals surface area contributed by atoms with Crippen LogP contribution >= 0.6 is 11.8 Å². The Morgan fingerprint density at radius 2 is 2.10 bits per heavy atom. The number of primary amides is 1. The maximum atomic E-state index is 12.1. The Morgan fingerprint density at radius 1 is 1.33 bits per heavy atom. The predicted molar refractivity (Wildman–Crippen MR) is 84.1 cm³/mol. The molecule has 3 N–H and O–H groups in total. The van der Waals surface area contributed by atoms with Crippen molar-refractivity contribution in [2.24, 2.45) is 11.7 Å². The molecule has 1 aromatic carbocycles. The third-order valence-electron chi connectivity index (χ3n) is 3.52. The minimum atomic E-state index is -0.438. The van der Waals surface area contributed by atoms with Gasteiger partial charge in [0.1, 0.15) is 0 Å². The first-order chi connectivity index (χ1) is 10.2. The Balaban J connectivity index is 1.68. The summed E-state index contributed by atoms with van der Waals surface area (Å²) < 4.78 is 0. The summed E-state index contributed by atoms with van der Waals surface area (Å²) in [5.41, 5.74) is 5.27. The topological polar surface area (TPSA) is 75.4 Å². The molecule has 1 saturated heterocycles.